The van der Waals surface area contributed by atoms with E-state index in [2.05, 4.69) is 48.0 Å². The fourth-order valence-electron chi connectivity index (χ4n) is 2.20. The molecule has 0 bridgehead atoms. The molecule has 2 aromatic carbocycles. The monoisotopic (exact) mass is 336 g/mol. The molecule has 0 saturated carbocycles. The molecule has 0 aliphatic carbocycles. The molecule has 0 spiro atoms. The highest BCUT2D eigenvalue weighted by Crippen LogP contribution is 2.31. The highest BCUT2D eigenvalue weighted by atomic mass is 79.9. The standard InChI is InChI=1S/C17H18BrFO/c1-11-4-5-12(2)14(8-11)9-15(18)13-6-7-16(19)17(10-13)20-3/h4-8,10,15H,9H2,1-3H3. The quantitative estimate of drug-likeness (QED) is 0.703. The summed E-state index contributed by atoms with van der Waals surface area (Å²) in [6.45, 7) is 4.20. The zero-order valence-corrected chi connectivity index (χ0v) is 13.5. The van der Waals surface area contributed by atoms with Gasteiger partial charge in [0.05, 0.1) is 7.11 Å². The minimum atomic E-state index is -0.331. The van der Waals surface area contributed by atoms with Gasteiger partial charge in [0.25, 0.3) is 0 Å². The first kappa shape index (κ1) is 15.0. The van der Waals surface area contributed by atoms with Gasteiger partial charge in [0.15, 0.2) is 11.6 Å². The first-order valence-corrected chi connectivity index (χ1v) is 7.46. The lowest BCUT2D eigenvalue weighted by Crippen LogP contribution is -1.99. The number of benzene rings is 2. The van der Waals surface area contributed by atoms with Gasteiger partial charge < -0.3 is 4.74 Å². The molecule has 1 atom stereocenters. The van der Waals surface area contributed by atoms with Gasteiger partial charge >= 0.3 is 0 Å². The molecule has 0 saturated heterocycles. The second-order valence-electron chi connectivity index (χ2n) is 5.00. The van der Waals surface area contributed by atoms with E-state index < -0.39 is 0 Å². The van der Waals surface area contributed by atoms with Crippen molar-refractivity contribution in [2.75, 3.05) is 7.11 Å². The Morgan fingerprint density at radius 2 is 1.90 bits per heavy atom. The van der Waals surface area contributed by atoms with Crippen molar-refractivity contribution >= 4 is 15.9 Å². The smallest absolute Gasteiger partial charge is 0.165 e. The van der Waals surface area contributed by atoms with E-state index in [9.17, 15) is 4.39 Å². The van der Waals surface area contributed by atoms with Crippen LogP contribution in [-0.4, -0.2) is 7.11 Å². The number of rotatable bonds is 4. The Bertz CT molecular complexity index is 610. The molecule has 0 N–H and O–H groups in total. The fourth-order valence-corrected chi connectivity index (χ4v) is 2.84. The first-order chi connectivity index (χ1) is 9.51. The number of methoxy groups -OCH3 is 1. The summed E-state index contributed by atoms with van der Waals surface area (Å²) in [5.74, 6) is -0.0457. The molecule has 0 amide bonds. The summed E-state index contributed by atoms with van der Waals surface area (Å²) in [6.07, 6.45) is 0.863. The van der Waals surface area contributed by atoms with Gasteiger partial charge in [-0.15, -0.1) is 0 Å². The molecule has 0 radical (unpaired) electrons. The van der Waals surface area contributed by atoms with Crippen LogP contribution in [0, 0.1) is 19.7 Å². The number of halogens is 2. The summed E-state index contributed by atoms with van der Waals surface area (Å²) < 4.78 is 18.5. The van der Waals surface area contributed by atoms with Crippen molar-refractivity contribution in [1.29, 1.82) is 0 Å². The predicted octanol–water partition coefficient (Wildman–Crippen LogP) is 5.13. The van der Waals surface area contributed by atoms with Crippen molar-refractivity contribution in [2.45, 2.75) is 25.1 Å². The van der Waals surface area contributed by atoms with Crippen molar-refractivity contribution in [3.8, 4) is 5.75 Å². The summed E-state index contributed by atoms with van der Waals surface area (Å²) >= 11 is 3.69. The van der Waals surface area contributed by atoms with E-state index in [4.69, 9.17) is 4.74 Å². The SMILES string of the molecule is COc1cc(C(Br)Cc2cc(C)ccc2C)ccc1F. The molecule has 0 aromatic heterocycles. The fraction of sp³-hybridized carbons (Fsp3) is 0.294. The van der Waals surface area contributed by atoms with E-state index in [1.807, 2.05) is 0 Å². The van der Waals surface area contributed by atoms with Gasteiger partial charge in [0.1, 0.15) is 0 Å². The molecule has 1 nitrogen and oxygen atoms in total. The zero-order valence-electron chi connectivity index (χ0n) is 11.9. The highest BCUT2D eigenvalue weighted by Gasteiger charge is 2.13. The Morgan fingerprint density at radius 1 is 1.15 bits per heavy atom. The summed E-state index contributed by atoms with van der Waals surface area (Å²) in [5.41, 5.74) is 4.84. The maximum Gasteiger partial charge on any atom is 0.165 e. The number of aryl methyl sites for hydroxylation is 2. The van der Waals surface area contributed by atoms with Gasteiger partial charge in [-0.1, -0.05) is 45.8 Å². The van der Waals surface area contributed by atoms with Gasteiger partial charge in [0.2, 0.25) is 0 Å². The minimum Gasteiger partial charge on any atom is -0.494 e. The Hall–Kier alpha value is -1.35. The molecule has 0 heterocycles. The average Bonchev–Trinajstić information content (AvgIpc) is 2.43. The molecule has 2 aromatic rings. The third-order valence-electron chi connectivity index (χ3n) is 3.44. The van der Waals surface area contributed by atoms with Crippen LogP contribution in [0.3, 0.4) is 0 Å². The summed E-state index contributed by atoms with van der Waals surface area (Å²) in [6, 6.07) is 11.4. The maximum absolute atomic E-state index is 13.4. The van der Waals surface area contributed by atoms with E-state index in [0.717, 1.165) is 12.0 Å². The molecular weight excluding hydrogens is 319 g/mol. The van der Waals surface area contributed by atoms with E-state index in [-0.39, 0.29) is 16.4 Å². The third kappa shape index (κ3) is 3.40. The lowest BCUT2D eigenvalue weighted by Gasteiger charge is -2.14. The van der Waals surface area contributed by atoms with Gasteiger partial charge in [-0.25, -0.2) is 4.39 Å². The van der Waals surface area contributed by atoms with Crippen molar-refractivity contribution in [1.82, 2.24) is 0 Å². The van der Waals surface area contributed by atoms with E-state index in [1.54, 1.807) is 12.1 Å². The summed E-state index contributed by atoms with van der Waals surface area (Å²) in [7, 11) is 1.48. The molecule has 0 aliphatic rings. The first-order valence-electron chi connectivity index (χ1n) is 6.55. The number of alkyl halides is 1. The molecule has 106 valence electrons. The van der Waals surface area contributed by atoms with Crippen LogP contribution in [0.1, 0.15) is 27.1 Å². The van der Waals surface area contributed by atoms with E-state index >= 15 is 0 Å². The third-order valence-corrected chi connectivity index (χ3v) is 4.29. The average molecular weight is 337 g/mol. The molecule has 20 heavy (non-hydrogen) atoms. The molecule has 0 fully saturated rings. The van der Waals surface area contributed by atoms with E-state index in [0.29, 0.717) is 0 Å². The minimum absolute atomic E-state index is 0.137. The van der Waals surface area contributed by atoms with Crippen molar-refractivity contribution in [3.63, 3.8) is 0 Å². The van der Waals surface area contributed by atoms with Crippen LogP contribution in [-0.2, 0) is 6.42 Å². The van der Waals surface area contributed by atoms with Crippen LogP contribution in [0.2, 0.25) is 0 Å². The normalized spacial score (nSPS) is 12.2. The summed E-state index contributed by atoms with van der Waals surface area (Å²) in [4.78, 5) is 0.137. The maximum atomic E-state index is 13.4. The molecule has 0 aliphatic heterocycles. The number of ether oxygens (including phenoxy) is 1. The predicted molar refractivity (Wildman–Crippen MR) is 84.2 cm³/mol. The Labute approximate surface area is 127 Å². The Balaban J connectivity index is 2.23. The summed E-state index contributed by atoms with van der Waals surface area (Å²) in [5, 5.41) is 0. The van der Waals surface area contributed by atoms with Gasteiger partial charge in [-0.05, 0) is 49.1 Å². The van der Waals surface area contributed by atoms with Crippen LogP contribution < -0.4 is 4.74 Å². The lowest BCUT2D eigenvalue weighted by molar-refractivity contribution is 0.386. The van der Waals surface area contributed by atoms with Crippen LogP contribution in [0.15, 0.2) is 36.4 Å². The van der Waals surface area contributed by atoms with Gasteiger partial charge in [-0.3, -0.25) is 0 Å². The van der Waals surface area contributed by atoms with Crippen LogP contribution >= 0.6 is 15.9 Å². The largest absolute Gasteiger partial charge is 0.494 e. The van der Waals surface area contributed by atoms with Crippen LogP contribution in [0.4, 0.5) is 4.39 Å². The molecule has 3 heteroatoms. The topological polar surface area (TPSA) is 9.23 Å². The molecular formula is C17H18BrFO. The van der Waals surface area contributed by atoms with Gasteiger partial charge in [0, 0.05) is 4.83 Å². The zero-order chi connectivity index (χ0) is 14.7. The molecule has 2 rings (SSSR count). The number of hydrogen-bond acceptors (Lipinski definition) is 1. The second-order valence-corrected chi connectivity index (χ2v) is 6.10. The van der Waals surface area contributed by atoms with Crippen LogP contribution in [0.25, 0.3) is 0 Å². The van der Waals surface area contributed by atoms with Crippen molar-refractivity contribution in [3.05, 3.63) is 64.5 Å². The molecule has 1 unspecified atom stereocenters. The number of hydrogen-bond donors (Lipinski definition) is 0. The second kappa shape index (κ2) is 6.40. The van der Waals surface area contributed by atoms with Crippen molar-refractivity contribution in [2.24, 2.45) is 0 Å². The van der Waals surface area contributed by atoms with Crippen LogP contribution in [0.5, 0.6) is 5.75 Å². The highest BCUT2D eigenvalue weighted by molar-refractivity contribution is 9.09. The lowest BCUT2D eigenvalue weighted by atomic mass is 9.98. The van der Waals surface area contributed by atoms with Gasteiger partial charge in [-0.2, -0.15) is 0 Å². The van der Waals surface area contributed by atoms with Crippen molar-refractivity contribution < 1.29 is 9.13 Å². The van der Waals surface area contributed by atoms with E-state index in [1.165, 1.54) is 29.9 Å². The Kier molecular flexibility index (Phi) is 4.81. The Morgan fingerprint density at radius 3 is 2.60 bits per heavy atom.